The molecule has 0 aliphatic heterocycles. The van der Waals surface area contributed by atoms with E-state index in [0.29, 0.717) is 0 Å². The maximum atomic E-state index is 12.4. The summed E-state index contributed by atoms with van der Waals surface area (Å²) in [5.74, 6) is 0. The van der Waals surface area contributed by atoms with Crippen LogP contribution in [0.5, 0.6) is 0 Å². The smallest absolute Gasteiger partial charge is 0.192 e. The van der Waals surface area contributed by atoms with E-state index in [1.54, 1.807) is 0 Å². The zero-order valence-corrected chi connectivity index (χ0v) is 11.1. The number of hydrogen-bond donors (Lipinski definition) is 1. The van der Waals surface area contributed by atoms with E-state index in [-0.39, 0.29) is 5.43 Å². The number of H-pyrrole nitrogens is 1. The number of para-hydroxylation sites is 1. The van der Waals surface area contributed by atoms with Gasteiger partial charge < -0.3 is 4.98 Å². The largest absolute Gasteiger partial charge is 0.357 e. The molecule has 0 bridgehead atoms. The monoisotopic (exact) mass is 291 g/mol. The third kappa shape index (κ3) is 1.82. The number of benzene rings is 1. The molecule has 0 amide bonds. The van der Waals surface area contributed by atoms with Crippen LogP contribution >= 0.6 is 15.9 Å². The van der Waals surface area contributed by atoms with Crippen molar-refractivity contribution in [1.82, 2.24) is 4.98 Å². The lowest BCUT2D eigenvalue weighted by Gasteiger charge is -2.09. The van der Waals surface area contributed by atoms with Crippen LogP contribution in [0.15, 0.2) is 27.5 Å². The number of pyridine rings is 1. The van der Waals surface area contributed by atoms with E-state index >= 15 is 0 Å². The molecule has 1 aromatic carbocycles. The Hall–Kier alpha value is -1.09. The van der Waals surface area contributed by atoms with Crippen molar-refractivity contribution in [2.45, 2.75) is 32.1 Å². The summed E-state index contributed by atoms with van der Waals surface area (Å²) in [7, 11) is 0. The minimum absolute atomic E-state index is 0.219. The lowest BCUT2D eigenvalue weighted by atomic mass is 10.0. The van der Waals surface area contributed by atoms with Gasteiger partial charge in [-0.3, -0.25) is 4.79 Å². The highest BCUT2D eigenvalue weighted by Crippen LogP contribution is 2.24. The molecule has 0 unspecified atom stereocenters. The Morgan fingerprint density at radius 2 is 1.94 bits per heavy atom. The molecule has 1 heterocycles. The fraction of sp³-hybridized carbons (Fsp3) is 0.357. The number of hydrogen-bond acceptors (Lipinski definition) is 1. The van der Waals surface area contributed by atoms with E-state index in [1.165, 1.54) is 12.8 Å². The number of aryl methyl sites for hydroxylation is 1. The fourth-order valence-electron chi connectivity index (χ4n) is 2.62. The molecule has 17 heavy (non-hydrogen) atoms. The average Bonchev–Trinajstić information content (AvgIpc) is 2.56. The fourth-order valence-corrected chi connectivity index (χ4v) is 3.09. The summed E-state index contributed by atoms with van der Waals surface area (Å²) in [6, 6.07) is 5.80. The molecule has 88 valence electrons. The molecule has 0 radical (unpaired) electrons. The summed E-state index contributed by atoms with van der Waals surface area (Å²) in [6.45, 7) is 0. The number of fused-ring (bicyclic) bond motifs is 2. The highest BCUT2D eigenvalue weighted by Gasteiger charge is 2.15. The first kappa shape index (κ1) is 11.0. The Labute approximate surface area is 108 Å². The first-order valence-corrected chi connectivity index (χ1v) is 6.89. The maximum Gasteiger partial charge on any atom is 0.192 e. The topological polar surface area (TPSA) is 32.9 Å². The van der Waals surface area contributed by atoms with Crippen molar-refractivity contribution in [3.8, 4) is 0 Å². The highest BCUT2D eigenvalue weighted by atomic mass is 79.9. The van der Waals surface area contributed by atoms with E-state index < -0.39 is 0 Å². The molecule has 1 aromatic heterocycles. The van der Waals surface area contributed by atoms with Gasteiger partial charge in [-0.15, -0.1) is 0 Å². The second kappa shape index (κ2) is 4.30. The molecule has 0 atom stereocenters. The Kier molecular flexibility index (Phi) is 2.79. The van der Waals surface area contributed by atoms with Crippen LogP contribution in [0.4, 0.5) is 0 Å². The van der Waals surface area contributed by atoms with E-state index in [1.807, 2.05) is 18.2 Å². The summed E-state index contributed by atoms with van der Waals surface area (Å²) in [6.07, 6.45) is 5.46. The highest BCUT2D eigenvalue weighted by molar-refractivity contribution is 9.10. The Balaban J connectivity index is 2.37. The zero-order valence-electron chi connectivity index (χ0n) is 9.55. The maximum absolute atomic E-state index is 12.4. The van der Waals surface area contributed by atoms with Crippen molar-refractivity contribution >= 4 is 26.8 Å². The van der Waals surface area contributed by atoms with Gasteiger partial charge in [0, 0.05) is 21.1 Å². The zero-order chi connectivity index (χ0) is 11.8. The molecule has 2 nitrogen and oxygen atoms in total. The lowest BCUT2D eigenvalue weighted by molar-refractivity contribution is 0.708. The molecule has 0 saturated heterocycles. The van der Waals surface area contributed by atoms with Crippen LogP contribution in [0.2, 0.25) is 0 Å². The number of aromatic nitrogens is 1. The van der Waals surface area contributed by atoms with Crippen LogP contribution < -0.4 is 5.43 Å². The van der Waals surface area contributed by atoms with E-state index in [4.69, 9.17) is 0 Å². The molecular weight excluding hydrogens is 278 g/mol. The first-order valence-electron chi connectivity index (χ1n) is 6.09. The van der Waals surface area contributed by atoms with Crippen molar-refractivity contribution in [3.05, 3.63) is 44.2 Å². The van der Waals surface area contributed by atoms with Crippen LogP contribution in [0.25, 0.3) is 10.9 Å². The van der Waals surface area contributed by atoms with E-state index in [2.05, 4.69) is 20.9 Å². The van der Waals surface area contributed by atoms with Crippen molar-refractivity contribution in [2.75, 3.05) is 0 Å². The molecule has 3 rings (SSSR count). The van der Waals surface area contributed by atoms with Crippen LogP contribution in [0.3, 0.4) is 0 Å². The van der Waals surface area contributed by atoms with Crippen LogP contribution in [0.1, 0.15) is 30.5 Å². The van der Waals surface area contributed by atoms with Gasteiger partial charge in [0.25, 0.3) is 0 Å². The Bertz CT molecular complexity index is 630. The summed E-state index contributed by atoms with van der Waals surface area (Å²) >= 11 is 3.51. The van der Waals surface area contributed by atoms with Gasteiger partial charge in [0.05, 0.1) is 5.52 Å². The molecule has 0 fully saturated rings. The van der Waals surface area contributed by atoms with Crippen LogP contribution in [0, 0.1) is 0 Å². The summed E-state index contributed by atoms with van der Waals surface area (Å²) in [5.41, 5.74) is 3.31. The molecule has 1 N–H and O–H groups in total. The number of nitrogens with one attached hydrogen (secondary N) is 1. The van der Waals surface area contributed by atoms with Gasteiger partial charge in [-0.1, -0.05) is 12.5 Å². The number of aromatic amines is 1. The van der Waals surface area contributed by atoms with Gasteiger partial charge in [-0.25, -0.2) is 0 Å². The third-order valence-corrected chi connectivity index (χ3v) is 4.19. The molecular formula is C14H14BrNO. The quantitative estimate of drug-likeness (QED) is 0.740. The van der Waals surface area contributed by atoms with Crippen LogP contribution in [-0.4, -0.2) is 4.98 Å². The van der Waals surface area contributed by atoms with Crippen molar-refractivity contribution < 1.29 is 0 Å². The van der Waals surface area contributed by atoms with Gasteiger partial charge in [0.1, 0.15) is 0 Å². The van der Waals surface area contributed by atoms with Crippen molar-refractivity contribution in [1.29, 1.82) is 0 Å². The number of halogens is 1. The Morgan fingerprint density at radius 3 is 2.82 bits per heavy atom. The second-order valence-electron chi connectivity index (χ2n) is 4.63. The lowest BCUT2D eigenvalue weighted by Crippen LogP contribution is -2.14. The van der Waals surface area contributed by atoms with E-state index in [9.17, 15) is 4.79 Å². The normalized spacial score (nSPS) is 15.6. The first-order chi connectivity index (χ1) is 8.27. The standard InChI is InChI=1S/C14H14BrNO/c15-11-7-4-6-10-13(11)16-12-8-3-1-2-5-9(12)14(10)17/h4,6-7H,1-3,5,8H2,(H,16,17). The molecule has 1 aliphatic carbocycles. The minimum atomic E-state index is 0.219. The molecule has 1 aliphatic rings. The number of rotatable bonds is 0. The molecule has 0 saturated carbocycles. The minimum Gasteiger partial charge on any atom is -0.357 e. The van der Waals surface area contributed by atoms with Gasteiger partial charge >= 0.3 is 0 Å². The van der Waals surface area contributed by atoms with Gasteiger partial charge in [-0.05, 0) is 53.7 Å². The average molecular weight is 292 g/mol. The molecule has 2 aromatic rings. The van der Waals surface area contributed by atoms with Crippen molar-refractivity contribution in [2.24, 2.45) is 0 Å². The van der Waals surface area contributed by atoms with Gasteiger partial charge in [0.2, 0.25) is 0 Å². The predicted molar refractivity (Wildman–Crippen MR) is 73.5 cm³/mol. The summed E-state index contributed by atoms with van der Waals surface area (Å²) in [4.78, 5) is 15.9. The van der Waals surface area contributed by atoms with Gasteiger partial charge in [-0.2, -0.15) is 0 Å². The SMILES string of the molecule is O=c1c2c([nH]c3c(Br)cccc13)CCCCC2. The van der Waals surface area contributed by atoms with Crippen molar-refractivity contribution in [3.63, 3.8) is 0 Å². The summed E-state index contributed by atoms with van der Waals surface area (Å²) < 4.78 is 0.971. The molecule has 0 spiro atoms. The summed E-state index contributed by atoms with van der Waals surface area (Å²) in [5, 5.41) is 0.806. The Morgan fingerprint density at radius 1 is 1.12 bits per heavy atom. The van der Waals surface area contributed by atoms with Gasteiger partial charge in [0.15, 0.2) is 5.43 Å². The second-order valence-corrected chi connectivity index (χ2v) is 5.49. The predicted octanol–water partition coefficient (Wildman–Crippen LogP) is 3.56. The molecule has 3 heteroatoms. The van der Waals surface area contributed by atoms with E-state index in [0.717, 1.165) is 45.9 Å². The third-order valence-electron chi connectivity index (χ3n) is 3.53. The van der Waals surface area contributed by atoms with Crippen LogP contribution in [-0.2, 0) is 12.8 Å².